The van der Waals surface area contributed by atoms with Gasteiger partial charge < -0.3 is 9.47 Å². The fourth-order valence-corrected chi connectivity index (χ4v) is 2.89. The number of aryl methyl sites for hydroxylation is 1. The first kappa shape index (κ1) is 14.4. The van der Waals surface area contributed by atoms with Crippen LogP contribution in [0.2, 0.25) is 0 Å². The number of hydrogen-bond donors (Lipinski definition) is 0. The summed E-state index contributed by atoms with van der Waals surface area (Å²) in [4.78, 5) is 2.50. The Morgan fingerprint density at radius 1 is 1.05 bits per heavy atom. The van der Waals surface area contributed by atoms with Crippen LogP contribution < -0.4 is 4.74 Å². The lowest BCUT2D eigenvalue weighted by atomic mass is 10.0. The van der Waals surface area contributed by atoms with E-state index in [1.54, 1.807) is 7.11 Å². The van der Waals surface area contributed by atoms with Gasteiger partial charge in [0, 0.05) is 13.1 Å². The van der Waals surface area contributed by atoms with Crippen LogP contribution in [0.4, 0.5) is 0 Å². The lowest BCUT2D eigenvalue weighted by molar-refractivity contribution is 0.0375. The second-order valence-electron chi connectivity index (χ2n) is 5.61. The van der Waals surface area contributed by atoms with Crippen molar-refractivity contribution in [3.8, 4) is 5.75 Å². The maximum atomic E-state index is 5.38. The van der Waals surface area contributed by atoms with Crippen molar-refractivity contribution < 1.29 is 9.47 Å². The number of rotatable bonds is 5. The van der Waals surface area contributed by atoms with E-state index in [0.717, 1.165) is 38.5 Å². The van der Waals surface area contributed by atoms with E-state index in [9.17, 15) is 0 Å². The smallest absolute Gasteiger partial charge is 0.119 e. The third-order valence-corrected chi connectivity index (χ3v) is 4.16. The average Bonchev–Trinajstić information content (AvgIpc) is 2.55. The molecule has 0 saturated carbocycles. The fraction of sp³-hybridized carbons (Fsp3) is 0.444. The van der Waals surface area contributed by atoms with Gasteiger partial charge in [0.25, 0.3) is 0 Å². The maximum absolute atomic E-state index is 5.38. The summed E-state index contributed by atoms with van der Waals surface area (Å²) in [5.41, 5.74) is 1.42. The summed E-state index contributed by atoms with van der Waals surface area (Å²) in [6, 6.07) is 13.0. The summed E-state index contributed by atoms with van der Waals surface area (Å²) in [6.07, 6.45) is 2.35. The van der Waals surface area contributed by atoms with Crippen molar-refractivity contribution in [3.05, 3.63) is 42.0 Å². The van der Waals surface area contributed by atoms with Crippen LogP contribution in [0, 0.1) is 0 Å². The molecule has 0 spiro atoms. The molecule has 1 aliphatic rings. The Bertz CT molecular complexity index is 591. The van der Waals surface area contributed by atoms with Crippen molar-refractivity contribution >= 4 is 10.8 Å². The van der Waals surface area contributed by atoms with Gasteiger partial charge in [-0.05, 0) is 47.9 Å². The van der Waals surface area contributed by atoms with Gasteiger partial charge in [-0.25, -0.2) is 0 Å². The van der Waals surface area contributed by atoms with E-state index in [4.69, 9.17) is 9.47 Å². The number of morpholine rings is 1. The van der Waals surface area contributed by atoms with Gasteiger partial charge in [0.15, 0.2) is 0 Å². The van der Waals surface area contributed by atoms with E-state index in [0.29, 0.717) is 0 Å². The van der Waals surface area contributed by atoms with Crippen LogP contribution in [0.3, 0.4) is 0 Å². The first-order valence-electron chi connectivity index (χ1n) is 7.72. The molecule has 0 N–H and O–H groups in total. The van der Waals surface area contributed by atoms with E-state index in [2.05, 4.69) is 35.2 Å². The molecular weight excluding hydrogens is 262 g/mol. The number of nitrogens with zero attached hydrogens (tertiary/aromatic N) is 1. The molecule has 0 aromatic heterocycles. The Morgan fingerprint density at radius 3 is 2.62 bits per heavy atom. The highest BCUT2D eigenvalue weighted by Crippen LogP contribution is 2.22. The first-order valence-corrected chi connectivity index (χ1v) is 7.72. The van der Waals surface area contributed by atoms with Gasteiger partial charge in [-0.1, -0.05) is 24.3 Å². The van der Waals surface area contributed by atoms with Crippen LogP contribution in [0.1, 0.15) is 12.0 Å². The Morgan fingerprint density at radius 2 is 1.81 bits per heavy atom. The molecule has 3 nitrogen and oxygen atoms in total. The second-order valence-corrected chi connectivity index (χ2v) is 5.61. The topological polar surface area (TPSA) is 21.7 Å². The van der Waals surface area contributed by atoms with Gasteiger partial charge in [-0.3, -0.25) is 4.90 Å². The molecule has 2 aromatic carbocycles. The van der Waals surface area contributed by atoms with E-state index in [-0.39, 0.29) is 0 Å². The normalized spacial score (nSPS) is 16.2. The first-order chi connectivity index (χ1) is 10.3. The predicted octanol–water partition coefficient (Wildman–Crippen LogP) is 3.11. The lowest BCUT2D eigenvalue weighted by Gasteiger charge is -2.26. The van der Waals surface area contributed by atoms with Gasteiger partial charge in [-0.2, -0.15) is 0 Å². The van der Waals surface area contributed by atoms with Crippen LogP contribution in [0.5, 0.6) is 5.75 Å². The Balaban J connectivity index is 1.59. The van der Waals surface area contributed by atoms with Crippen molar-refractivity contribution in [1.29, 1.82) is 0 Å². The zero-order chi connectivity index (χ0) is 14.5. The van der Waals surface area contributed by atoms with Crippen molar-refractivity contribution in [2.75, 3.05) is 40.0 Å². The molecule has 1 saturated heterocycles. The quantitative estimate of drug-likeness (QED) is 0.842. The SMILES string of the molecule is COc1ccc2cc(CCCN3CCOCC3)ccc2c1. The van der Waals surface area contributed by atoms with E-state index < -0.39 is 0 Å². The molecular formula is C18H23NO2. The summed E-state index contributed by atoms with van der Waals surface area (Å²) in [5, 5.41) is 2.53. The molecule has 2 aromatic rings. The number of hydrogen-bond acceptors (Lipinski definition) is 3. The number of ether oxygens (including phenoxy) is 2. The molecule has 0 radical (unpaired) electrons. The molecule has 0 amide bonds. The Labute approximate surface area is 126 Å². The summed E-state index contributed by atoms with van der Waals surface area (Å²) in [7, 11) is 1.71. The highest BCUT2D eigenvalue weighted by Gasteiger charge is 2.09. The van der Waals surface area contributed by atoms with Gasteiger partial charge in [0.2, 0.25) is 0 Å². The van der Waals surface area contributed by atoms with Crippen molar-refractivity contribution in [2.45, 2.75) is 12.8 Å². The Hall–Kier alpha value is -1.58. The summed E-state index contributed by atoms with van der Waals surface area (Å²) >= 11 is 0. The summed E-state index contributed by atoms with van der Waals surface area (Å²) in [5.74, 6) is 0.919. The molecule has 1 fully saturated rings. The monoisotopic (exact) mass is 285 g/mol. The molecule has 3 rings (SSSR count). The fourth-order valence-electron chi connectivity index (χ4n) is 2.89. The minimum absolute atomic E-state index is 0.887. The highest BCUT2D eigenvalue weighted by molar-refractivity contribution is 5.84. The summed E-state index contributed by atoms with van der Waals surface area (Å²) in [6.45, 7) is 5.11. The number of benzene rings is 2. The standard InChI is InChI=1S/C18H23NO2/c1-20-18-7-6-16-13-15(4-5-17(16)14-18)3-2-8-19-9-11-21-12-10-19/h4-7,13-14H,2-3,8-12H2,1H3. The van der Waals surface area contributed by atoms with Crippen LogP contribution in [0.15, 0.2) is 36.4 Å². The van der Waals surface area contributed by atoms with Gasteiger partial charge in [0.1, 0.15) is 5.75 Å². The van der Waals surface area contributed by atoms with Crippen molar-refractivity contribution in [1.82, 2.24) is 4.90 Å². The Kier molecular flexibility index (Phi) is 4.73. The van der Waals surface area contributed by atoms with Gasteiger partial charge >= 0.3 is 0 Å². The zero-order valence-corrected chi connectivity index (χ0v) is 12.7. The number of fused-ring (bicyclic) bond motifs is 1. The summed E-state index contributed by atoms with van der Waals surface area (Å²) < 4.78 is 10.6. The largest absolute Gasteiger partial charge is 0.497 e. The molecule has 0 atom stereocenters. The van der Waals surface area contributed by atoms with E-state index in [1.165, 1.54) is 29.3 Å². The van der Waals surface area contributed by atoms with Crippen molar-refractivity contribution in [2.24, 2.45) is 0 Å². The van der Waals surface area contributed by atoms with Crippen LogP contribution in [-0.2, 0) is 11.2 Å². The molecule has 112 valence electrons. The molecule has 1 heterocycles. The van der Waals surface area contributed by atoms with E-state index in [1.807, 2.05) is 6.07 Å². The van der Waals surface area contributed by atoms with Gasteiger partial charge in [0.05, 0.1) is 20.3 Å². The molecule has 3 heteroatoms. The third-order valence-electron chi connectivity index (χ3n) is 4.16. The zero-order valence-electron chi connectivity index (χ0n) is 12.7. The molecule has 21 heavy (non-hydrogen) atoms. The maximum Gasteiger partial charge on any atom is 0.119 e. The highest BCUT2D eigenvalue weighted by atomic mass is 16.5. The van der Waals surface area contributed by atoms with Crippen molar-refractivity contribution in [3.63, 3.8) is 0 Å². The minimum Gasteiger partial charge on any atom is -0.497 e. The van der Waals surface area contributed by atoms with E-state index >= 15 is 0 Å². The molecule has 1 aliphatic heterocycles. The molecule has 0 bridgehead atoms. The molecule has 0 aliphatic carbocycles. The minimum atomic E-state index is 0.887. The average molecular weight is 285 g/mol. The lowest BCUT2D eigenvalue weighted by Crippen LogP contribution is -2.36. The van der Waals surface area contributed by atoms with Crippen LogP contribution in [-0.4, -0.2) is 44.9 Å². The van der Waals surface area contributed by atoms with Crippen LogP contribution >= 0.6 is 0 Å². The van der Waals surface area contributed by atoms with Crippen LogP contribution in [0.25, 0.3) is 10.8 Å². The molecule has 0 unspecified atom stereocenters. The predicted molar refractivity (Wildman–Crippen MR) is 86.1 cm³/mol. The third kappa shape index (κ3) is 3.74. The second kappa shape index (κ2) is 6.92. The number of methoxy groups -OCH3 is 1. The van der Waals surface area contributed by atoms with Gasteiger partial charge in [-0.15, -0.1) is 0 Å².